The molecule has 1 aromatic rings. The fourth-order valence-electron chi connectivity index (χ4n) is 1.26. The molecule has 0 bridgehead atoms. The maximum absolute atomic E-state index is 11.3. The summed E-state index contributed by atoms with van der Waals surface area (Å²) in [7, 11) is -1.60. The lowest BCUT2D eigenvalue weighted by molar-refractivity contribution is 0.600. The van der Waals surface area contributed by atoms with Crippen molar-refractivity contribution in [2.24, 2.45) is 0 Å². The molecule has 78 valence electrons. The third-order valence-electron chi connectivity index (χ3n) is 2.41. The molecule has 0 spiro atoms. The van der Waals surface area contributed by atoms with Crippen molar-refractivity contribution in [1.29, 1.82) is 0 Å². The minimum absolute atomic E-state index is 0.743. The third-order valence-corrected chi connectivity index (χ3v) is 3.60. The Morgan fingerprint density at radius 3 is 2.29 bits per heavy atom. The zero-order valence-electron chi connectivity index (χ0n) is 8.90. The molecule has 1 aromatic carbocycles. The molecule has 0 saturated carbocycles. The van der Waals surface area contributed by atoms with Gasteiger partial charge in [0.05, 0.1) is 11.9 Å². The monoisotopic (exact) mass is 213 g/mol. The topological polar surface area (TPSA) is 37.4 Å². The van der Waals surface area contributed by atoms with Crippen LogP contribution in [0.15, 0.2) is 18.2 Å². The van der Waals surface area contributed by atoms with Crippen molar-refractivity contribution < 1.29 is 8.42 Å². The molecule has 14 heavy (non-hydrogen) atoms. The van der Waals surface area contributed by atoms with Crippen LogP contribution in [0.1, 0.15) is 11.1 Å². The minimum atomic E-state index is -3.16. The Hall–Kier alpha value is -1.03. The second-order valence-electron chi connectivity index (χ2n) is 3.45. The Morgan fingerprint density at radius 2 is 1.79 bits per heavy atom. The number of hydrogen-bond donors (Lipinski definition) is 0. The Morgan fingerprint density at radius 1 is 1.21 bits per heavy atom. The van der Waals surface area contributed by atoms with E-state index in [0.717, 1.165) is 16.8 Å². The summed E-state index contributed by atoms with van der Waals surface area (Å²) in [6, 6.07) is 5.64. The smallest absolute Gasteiger partial charge is 0.232 e. The largest absolute Gasteiger partial charge is 0.273 e. The van der Waals surface area contributed by atoms with Crippen LogP contribution in [0.3, 0.4) is 0 Å². The molecule has 0 heterocycles. The number of hydrogen-bond acceptors (Lipinski definition) is 2. The van der Waals surface area contributed by atoms with Crippen molar-refractivity contribution in [1.82, 2.24) is 0 Å². The van der Waals surface area contributed by atoms with E-state index in [-0.39, 0.29) is 0 Å². The third kappa shape index (κ3) is 2.07. The highest BCUT2D eigenvalue weighted by atomic mass is 32.2. The van der Waals surface area contributed by atoms with E-state index >= 15 is 0 Å². The highest BCUT2D eigenvalue weighted by Gasteiger charge is 2.14. The van der Waals surface area contributed by atoms with Crippen molar-refractivity contribution in [3.8, 4) is 0 Å². The van der Waals surface area contributed by atoms with Gasteiger partial charge in [0.2, 0.25) is 10.0 Å². The van der Waals surface area contributed by atoms with Crippen LogP contribution in [0.2, 0.25) is 0 Å². The van der Waals surface area contributed by atoms with Gasteiger partial charge in [0, 0.05) is 7.05 Å². The van der Waals surface area contributed by atoms with Crippen molar-refractivity contribution in [3.63, 3.8) is 0 Å². The van der Waals surface area contributed by atoms with Crippen molar-refractivity contribution >= 4 is 15.7 Å². The fraction of sp³-hybridized carbons (Fsp3) is 0.400. The van der Waals surface area contributed by atoms with E-state index in [1.165, 1.54) is 10.6 Å². The van der Waals surface area contributed by atoms with E-state index in [9.17, 15) is 8.42 Å². The molecule has 0 aliphatic heterocycles. The second-order valence-corrected chi connectivity index (χ2v) is 5.46. The van der Waals surface area contributed by atoms with E-state index in [0.29, 0.717) is 0 Å². The van der Waals surface area contributed by atoms with Crippen LogP contribution in [-0.2, 0) is 10.0 Å². The quantitative estimate of drug-likeness (QED) is 0.750. The van der Waals surface area contributed by atoms with Gasteiger partial charge in [-0.25, -0.2) is 8.42 Å². The number of anilines is 1. The van der Waals surface area contributed by atoms with Crippen molar-refractivity contribution in [3.05, 3.63) is 29.3 Å². The zero-order valence-corrected chi connectivity index (χ0v) is 9.72. The lowest BCUT2D eigenvalue weighted by Gasteiger charge is -2.19. The summed E-state index contributed by atoms with van der Waals surface area (Å²) >= 11 is 0. The molecule has 0 radical (unpaired) electrons. The molecule has 0 atom stereocenters. The Kier molecular flexibility index (Phi) is 2.85. The van der Waals surface area contributed by atoms with Crippen molar-refractivity contribution in [2.75, 3.05) is 17.6 Å². The molecule has 4 heteroatoms. The number of rotatable bonds is 2. The molecule has 0 unspecified atom stereocenters. The number of benzene rings is 1. The summed E-state index contributed by atoms with van der Waals surface area (Å²) in [6.07, 6.45) is 1.20. The van der Waals surface area contributed by atoms with Gasteiger partial charge in [-0.2, -0.15) is 0 Å². The van der Waals surface area contributed by atoms with Crippen LogP contribution in [0, 0.1) is 13.8 Å². The highest BCUT2D eigenvalue weighted by molar-refractivity contribution is 7.92. The molecule has 0 aromatic heterocycles. The summed E-state index contributed by atoms with van der Waals surface area (Å²) in [5.74, 6) is 0. The lowest BCUT2D eigenvalue weighted by Crippen LogP contribution is -2.25. The zero-order chi connectivity index (χ0) is 10.9. The molecule has 0 aliphatic carbocycles. The average molecular weight is 213 g/mol. The number of sulfonamides is 1. The molecule has 1 rings (SSSR count). The summed E-state index contributed by atoms with van der Waals surface area (Å²) in [4.78, 5) is 0. The van der Waals surface area contributed by atoms with Gasteiger partial charge < -0.3 is 0 Å². The maximum atomic E-state index is 11.3. The molecule has 0 N–H and O–H groups in total. The second kappa shape index (κ2) is 3.61. The van der Waals surface area contributed by atoms with Gasteiger partial charge in [-0.05, 0) is 31.0 Å². The van der Waals surface area contributed by atoms with E-state index in [1.54, 1.807) is 7.05 Å². The van der Waals surface area contributed by atoms with Gasteiger partial charge in [0.1, 0.15) is 0 Å². The average Bonchev–Trinajstić information content (AvgIpc) is 2.07. The molecule has 0 fully saturated rings. The fourth-order valence-corrected chi connectivity index (χ4v) is 1.81. The van der Waals surface area contributed by atoms with Gasteiger partial charge in [-0.1, -0.05) is 12.1 Å². The number of nitrogens with zero attached hydrogens (tertiary/aromatic N) is 1. The van der Waals surface area contributed by atoms with E-state index in [2.05, 4.69) is 0 Å². The van der Waals surface area contributed by atoms with E-state index in [4.69, 9.17) is 0 Å². The highest BCUT2D eigenvalue weighted by Crippen LogP contribution is 2.22. The summed E-state index contributed by atoms with van der Waals surface area (Å²) in [6.45, 7) is 3.89. The Bertz CT molecular complexity index is 437. The summed E-state index contributed by atoms with van der Waals surface area (Å²) in [5.41, 5.74) is 2.84. The van der Waals surface area contributed by atoms with Crippen LogP contribution in [0.25, 0.3) is 0 Å². The Labute approximate surface area is 85.4 Å². The van der Waals surface area contributed by atoms with Crippen LogP contribution < -0.4 is 4.31 Å². The first-order valence-corrected chi connectivity index (χ1v) is 6.19. The van der Waals surface area contributed by atoms with Crippen LogP contribution in [0.4, 0.5) is 5.69 Å². The predicted molar refractivity (Wildman–Crippen MR) is 59.2 cm³/mol. The molecular weight excluding hydrogens is 198 g/mol. The number of aryl methyl sites for hydroxylation is 1. The van der Waals surface area contributed by atoms with Crippen LogP contribution >= 0.6 is 0 Å². The van der Waals surface area contributed by atoms with Gasteiger partial charge in [0.15, 0.2) is 0 Å². The molecule has 0 aliphatic rings. The summed E-state index contributed by atoms with van der Waals surface area (Å²) < 4.78 is 23.9. The first-order valence-electron chi connectivity index (χ1n) is 4.34. The van der Waals surface area contributed by atoms with E-state index in [1.807, 2.05) is 32.0 Å². The predicted octanol–water partition coefficient (Wildman–Crippen LogP) is 1.70. The Balaban J connectivity index is 3.28. The molecular formula is C10H15NO2S. The molecule has 3 nitrogen and oxygen atoms in total. The van der Waals surface area contributed by atoms with Crippen LogP contribution in [-0.4, -0.2) is 21.7 Å². The lowest BCUT2D eigenvalue weighted by atomic mass is 10.1. The molecule has 0 amide bonds. The first kappa shape index (κ1) is 11.0. The van der Waals surface area contributed by atoms with Gasteiger partial charge in [-0.3, -0.25) is 4.31 Å². The van der Waals surface area contributed by atoms with Gasteiger partial charge in [0.25, 0.3) is 0 Å². The summed E-state index contributed by atoms with van der Waals surface area (Å²) in [5, 5.41) is 0. The van der Waals surface area contributed by atoms with Crippen molar-refractivity contribution in [2.45, 2.75) is 13.8 Å². The standard InChI is InChI=1S/C10H15NO2S/c1-8-6-5-7-10(9(8)2)11(3)14(4,12)13/h5-7H,1-4H3. The van der Waals surface area contributed by atoms with Crippen LogP contribution in [0.5, 0.6) is 0 Å². The minimum Gasteiger partial charge on any atom is -0.273 e. The van der Waals surface area contributed by atoms with Gasteiger partial charge >= 0.3 is 0 Å². The normalized spacial score (nSPS) is 11.4. The first-order chi connectivity index (χ1) is 6.34. The maximum Gasteiger partial charge on any atom is 0.232 e. The van der Waals surface area contributed by atoms with Gasteiger partial charge in [-0.15, -0.1) is 0 Å². The van der Waals surface area contributed by atoms with E-state index < -0.39 is 10.0 Å². The SMILES string of the molecule is Cc1cccc(N(C)S(C)(=O)=O)c1C. The molecule has 0 saturated heterocycles.